The van der Waals surface area contributed by atoms with Gasteiger partial charge in [-0.2, -0.15) is 0 Å². The topological polar surface area (TPSA) is 78.9 Å². The largest absolute Gasteiger partial charge is 0.478 e. The molecular formula is C19H28N2O4. The Morgan fingerprint density at radius 1 is 1.20 bits per heavy atom. The number of carbonyl (C=O) groups excluding carboxylic acids is 1. The summed E-state index contributed by atoms with van der Waals surface area (Å²) in [5.41, 5.74) is 1.12. The molecule has 2 N–H and O–H groups in total. The molecule has 0 bridgehead atoms. The molecule has 2 rings (SSSR count). The number of ether oxygens (including phenoxy) is 1. The summed E-state index contributed by atoms with van der Waals surface area (Å²) in [6, 6.07) is 6.36. The Labute approximate surface area is 149 Å². The lowest BCUT2D eigenvalue weighted by molar-refractivity contribution is -0.135. The van der Waals surface area contributed by atoms with Crippen molar-refractivity contribution in [3.05, 3.63) is 35.4 Å². The number of aromatic carboxylic acids is 1. The Balaban J connectivity index is 1.99. The molecule has 1 heterocycles. The van der Waals surface area contributed by atoms with E-state index in [9.17, 15) is 9.59 Å². The summed E-state index contributed by atoms with van der Waals surface area (Å²) in [6.45, 7) is 10.0. The number of carbonyl (C=O) groups is 2. The van der Waals surface area contributed by atoms with E-state index in [0.29, 0.717) is 6.54 Å². The van der Waals surface area contributed by atoms with Gasteiger partial charge in [0.2, 0.25) is 5.91 Å². The van der Waals surface area contributed by atoms with Gasteiger partial charge in [-0.05, 0) is 37.5 Å². The first kappa shape index (κ1) is 19.4. The molecule has 0 radical (unpaired) electrons. The third-order valence-corrected chi connectivity index (χ3v) is 4.41. The lowest BCUT2D eigenvalue weighted by Crippen LogP contribution is -2.56. The van der Waals surface area contributed by atoms with Crippen LogP contribution in [0.1, 0.15) is 43.6 Å². The highest BCUT2D eigenvalue weighted by Gasteiger charge is 2.33. The average Bonchev–Trinajstić information content (AvgIpc) is 2.52. The second-order valence-corrected chi connectivity index (χ2v) is 7.12. The normalized spacial score (nSPS) is 22.6. The van der Waals surface area contributed by atoms with Crippen LogP contribution in [0.15, 0.2) is 24.3 Å². The van der Waals surface area contributed by atoms with Crippen molar-refractivity contribution < 1.29 is 19.4 Å². The summed E-state index contributed by atoms with van der Waals surface area (Å²) in [7, 11) is 0. The quantitative estimate of drug-likeness (QED) is 0.823. The number of nitrogens with zero attached hydrogens (tertiary/aromatic N) is 1. The number of nitrogens with one attached hydrogen (secondary N) is 1. The fourth-order valence-electron chi connectivity index (χ4n) is 3.39. The molecule has 0 aromatic heterocycles. The maximum atomic E-state index is 12.8. The van der Waals surface area contributed by atoms with E-state index in [-0.39, 0.29) is 35.6 Å². The van der Waals surface area contributed by atoms with Crippen LogP contribution in [0.3, 0.4) is 0 Å². The van der Waals surface area contributed by atoms with Gasteiger partial charge in [-0.25, -0.2) is 4.79 Å². The molecule has 1 aliphatic heterocycles. The van der Waals surface area contributed by atoms with E-state index in [2.05, 4.69) is 24.1 Å². The van der Waals surface area contributed by atoms with E-state index in [1.54, 1.807) is 24.3 Å². The zero-order valence-corrected chi connectivity index (χ0v) is 15.4. The van der Waals surface area contributed by atoms with Gasteiger partial charge < -0.3 is 15.2 Å². The van der Waals surface area contributed by atoms with E-state index in [4.69, 9.17) is 9.84 Å². The van der Waals surface area contributed by atoms with Crippen molar-refractivity contribution in [2.45, 2.75) is 52.5 Å². The van der Waals surface area contributed by atoms with Crippen LogP contribution in [0.2, 0.25) is 0 Å². The summed E-state index contributed by atoms with van der Waals surface area (Å²) in [4.78, 5) is 25.8. The van der Waals surface area contributed by atoms with Crippen molar-refractivity contribution in [3.63, 3.8) is 0 Å². The van der Waals surface area contributed by atoms with E-state index < -0.39 is 5.97 Å². The lowest BCUT2D eigenvalue weighted by atomic mass is 9.99. The Kier molecular flexibility index (Phi) is 6.56. The third kappa shape index (κ3) is 5.28. The van der Waals surface area contributed by atoms with Gasteiger partial charge in [0.1, 0.15) is 0 Å². The van der Waals surface area contributed by atoms with Crippen molar-refractivity contribution >= 4 is 11.9 Å². The molecule has 3 atom stereocenters. The van der Waals surface area contributed by atoms with E-state index in [1.165, 1.54) is 0 Å². The predicted octanol–water partition coefficient (Wildman–Crippen LogP) is 2.13. The standard InChI is InChI=1S/C19H28N2O4/c1-12(2)17(21-10-13(3)25-14(4)11-21)18(22)20-9-15-5-7-16(8-6-15)19(23)24/h5-8,12-14,17H,9-11H2,1-4H3,(H,20,22)(H,23,24)/t13-,14-,17-/m1/s1. The first-order valence-corrected chi connectivity index (χ1v) is 8.77. The number of hydrogen-bond donors (Lipinski definition) is 2. The van der Waals surface area contributed by atoms with Gasteiger partial charge in [0.05, 0.1) is 23.8 Å². The van der Waals surface area contributed by atoms with Gasteiger partial charge in [0.15, 0.2) is 0 Å². The van der Waals surface area contributed by atoms with Crippen LogP contribution in [-0.4, -0.2) is 53.2 Å². The minimum absolute atomic E-state index is 0.00129. The molecule has 1 saturated heterocycles. The molecule has 0 unspecified atom stereocenters. The zero-order chi connectivity index (χ0) is 18.6. The van der Waals surface area contributed by atoms with Crippen molar-refractivity contribution in [2.75, 3.05) is 13.1 Å². The van der Waals surface area contributed by atoms with Crippen molar-refractivity contribution in [3.8, 4) is 0 Å². The third-order valence-electron chi connectivity index (χ3n) is 4.41. The number of benzene rings is 1. The highest BCUT2D eigenvalue weighted by atomic mass is 16.5. The summed E-state index contributed by atoms with van der Waals surface area (Å²) < 4.78 is 5.76. The first-order chi connectivity index (χ1) is 11.8. The van der Waals surface area contributed by atoms with Gasteiger partial charge in [-0.15, -0.1) is 0 Å². The molecule has 1 aromatic carbocycles. The monoisotopic (exact) mass is 348 g/mol. The fraction of sp³-hybridized carbons (Fsp3) is 0.579. The number of amides is 1. The molecule has 1 amide bonds. The van der Waals surface area contributed by atoms with Crippen molar-refractivity contribution in [1.29, 1.82) is 0 Å². The van der Waals surface area contributed by atoms with E-state index in [1.807, 2.05) is 13.8 Å². The summed E-state index contributed by atoms with van der Waals surface area (Å²) in [5.74, 6) is -0.767. The van der Waals surface area contributed by atoms with Gasteiger partial charge in [0, 0.05) is 19.6 Å². The molecule has 1 aromatic rings. The molecule has 6 heteroatoms. The van der Waals surface area contributed by atoms with Crippen molar-refractivity contribution in [1.82, 2.24) is 10.2 Å². The Hall–Kier alpha value is -1.92. The molecule has 0 aliphatic carbocycles. The molecule has 0 saturated carbocycles. The molecule has 25 heavy (non-hydrogen) atoms. The van der Waals surface area contributed by atoms with Gasteiger partial charge in [-0.3, -0.25) is 9.69 Å². The van der Waals surface area contributed by atoms with Crippen LogP contribution in [0.4, 0.5) is 0 Å². The zero-order valence-electron chi connectivity index (χ0n) is 15.4. The maximum Gasteiger partial charge on any atom is 0.335 e. The van der Waals surface area contributed by atoms with E-state index in [0.717, 1.165) is 18.7 Å². The van der Waals surface area contributed by atoms with Crippen molar-refractivity contribution in [2.24, 2.45) is 5.92 Å². The molecular weight excluding hydrogens is 320 g/mol. The van der Waals surface area contributed by atoms with Crippen LogP contribution >= 0.6 is 0 Å². The number of hydrogen-bond acceptors (Lipinski definition) is 4. The van der Waals surface area contributed by atoms with Crippen LogP contribution in [0.5, 0.6) is 0 Å². The number of carboxylic acid groups (broad SMARTS) is 1. The minimum atomic E-state index is -0.953. The predicted molar refractivity (Wildman–Crippen MR) is 95.5 cm³/mol. The lowest BCUT2D eigenvalue weighted by Gasteiger charge is -2.41. The molecule has 0 spiro atoms. The van der Waals surface area contributed by atoms with Gasteiger partial charge in [-0.1, -0.05) is 26.0 Å². The second kappa shape index (κ2) is 8.45. The number of morpholine rings is 1. The number of rotatable bonds is 6. The molecule has 6 nitrogen and oxygen atoms in total. The van der Waals surface area contributed by atoms with Crippen LogP contribution in [-0.2, 0) is 16.1 Å². The first-order valence-electron chi connectivity index (χ1n) is 8.77. The van der Waals surface area contributed by atoms with Crippen LogP contribution in [0, 0.1) is 5.92 Å². The minimum Gasteiger partial charge on any atom is -0.478 e. The van der Waals surface area contributed by atoms with Crippen LogP contribution < -0.4 is 5.32 Å². The highest BCUT2D eigenvalue weighted by molar-refractivity contribution is 5.87. The average molecular weight is 348 g/mol. The SMILES string of the molecule is CC(C)[C@H](C(=O)NCc1ccc(C(=O)O)cc1)N1C[C@@H](C)O[C@H](C)C1. The summed E-state index contributed by atoms with van der Waals surface area (Å²) >= 11 is 0. The number of carboxylic acids is 1. The smallest absolute Gasteiger partial charge is 0.335 e. The summed E-state index contributed by atoms with van der Waals surface area (Å²) in [5, 5.41) is 11.9. The van der Waals surface area contributed by atoms with Gasteiger partial charge in [0.25, 0.3) is 0 Å². The van der Waals surface area contributed by atoms with E-state index >= 15 is 0 Å². The Morgan fingerprint density at radius 3 is 2.24 bits per heavy atom. The molecule has 1 aliphatic rings. The highest BCUT2D eigenvalue weighted by Crippen LogP contribution is 2.19. The summed E-state index contributed by atoms with van der Waals surface area (Å²) in [6.07, 6.45) is 0.225. The van der Waals surface area contributed by atoms with Gasteiger partial charge >= 0.3 is 5.97 Å². The molecule has 1 fully saturated rings. The van der Waals surface area contributed by atoms with Crippen LogP contribution in [0.25, 0.3) is 0 Å². The Morgan fingerprint density at radius 2 is 1.76 bits per heavy atom. The molecule has 138 valence electrons. The second-order valence-electron chi connectivity index (χ2n) is 7.12. The fourth-order valence-corrected chi connectivity index (χ4v) is 3.39. The Bertz CT molecular complexity index is 590. The maximum absolute atomic E-state index is 12.8.